The second-order valence-electron chi connectivity index (χ2n) is 7.01. The van der Waals surface area contributed by atoms with E-state index in [1.54, 1.807) is 6.33 Å². The number of nitrogens with one attached hydrogen (secondary N) is 1. The van der Waals surface area contributed by atoms with E-state index >= 15 is 0 Å². The molecule has 3 heterocycles. The summed E-state index contributed by atoms with van der Waals surface area (Å²) in [7, 11) is 0. The second-order valence-corrected chi connectivity index (χ2v) is 7.01. The van der Waals surface area contributed by atoms with Gasteiger partial charge in [-0.2, -0.15) is 0 Å². The van der Waals surface area contributed by atoms with Crippen LogP contribution in [0.5, 0.6) is 0 Å². The van der Waals surface area contributed by atoms with Gasteiger partial charge in [0.1, 0.15) is 5.82 Å². The number of hydrogen-bond acceptors (Lipinski definition) is 5. The molecule has 0 amide bonds. The number of nitrogens with zero attached hydrogens (tertiary/aromatic N) is 4. The monoisotopic (exact) mass is 341 g/mol. The molecule has 0 bridgehead atoms. The first-order valence-electron chi connectivity index (χ1n) is 9.02. The van der Waals surface area contributed by atoms with Crippen LogP contribution in [0.3, 0.4) is 0 Å². The van der Waals surface area contributed by atoms with Crippen LogP contribution in [0.1, 0.15) is 66.8 Å². The second kappa shape index (κ2) is 6.92. The molecule has 25 heavy (non-hydrogen) atoms. The average Bonchev–Trinajstić information content (AvgIpc) is 3.11. The van der Waals surface area contributed by atoms with E-state index in [4.69, 9.17) is 0 Å². The molecular formula is C18H23N5O2. The standard InChI is InChI=1S/C18H23N5O2/c24-18(25)16-15-14(21-11-22-15)6-7-23(16)10-12-8-19-17(20-9-12)13-4-2-1-3-5-13/h8-9,11,13,16H,1-7,10H2,(H,21,22)(H,24,25)/t16-/m1/s1. The highest BCUT2D eigenvalue weighted by atomic mass is 16.4. The van der Waals surface area contributed by atoms with E-state index in [2.05, 4.69) is 19.9 Å². The average molecular weight is 341 g/mol. The molecule has 0 radical (unpaired) electrons. The molecule has 2 aromatic heterocycles. The Morgan fingerprint density at radius 1 is 1.20 bits per heavy atom. The summed E-state index contributed by atoms with van der Waals surface area (Å²) in [6.07, 6.45) is 12.3. The largest absolute Gasteiger partial charge is 0.480 e. The van der Waals surface area contributed by atoms with Crippen molar-refractivity contribution in [3.63, 3.8) is 0 Å². The molecular weight excluding hydrogens is 318 g/mol. The Bertz CT molecular complexity index is 736. The first kappa shape index (κ1) is 16.2. The van der Waals surface area contributed by atoms with Gasteiger partial charge in [0.15, 0.2) is 6.04 Å². The minimum Gasteiger partial charge on any atom is -0.480 e. The van der Waals surface area contributed by atoms with E-state index in [0.717, 1.165) is 23.5 Å². The lowest BCUT2D eigenvalue weighted by Crippen LogP contribution is -2.39. The fourth-order valence-electron chi connectivity index (χ4n) is 4.02. The van der Waals surface area contributed by atoms with Crippen LogP contribution < -0.4 is 0 Å². The summed E-state index contributed by atoms with van der Waals surface area (Å²) >= 11 is 0. The van der Waals surface area contributed by atoms with Gasteiger partial charge in [0, 0.05) is 49.1 Å². The van der Waals surface area contributed by atoms with Crippen molar-refractivity contribution in [1.82, 2.24) is 24.8 Å². The molecule has 1 aliphatic heterocycles. The molecule has 0 spiro atoms. The van der Waals surface area contributed by atoms with Gasteiger partial charge < -0.3 is 10.1 Å². The fraction of sp³-hybridized carbons (Fsp3) is 0.556. The van der Waals surface area contributed by atoms with Crippen LogP contribution in [0.25, 0.3) is 0 Å². The Morgan fingerprint density at radius 2 is 1.96 bits per heavy atom. The number of rotatable bonds is 4. The third-order valence-corrected chi connectivity index (χ3v) is 5.34. The van der Waals surface area contributed by atoms with E-state index in [9.17, 15) is 9.90 Å². The minimum absolute atomic E-state index is 0.483. The van der Waals surface area contributed by atoms with Crippen molar-refractivity contribution in [1.29, 1.82) is 0 Å². The Balaban J connectivity index is 1.49. The molecule has 0 unspecified atom stereocenters. The van der Waals surface area contributed by atoms with Gasteiger partial charge in [-0.25, -0.2) is 15.0 Å². The molecule has 132 valence electrons. The van der Waals surface area contributed by atoms with Gasteiger partial charge in [0.05, 0.1) is 12.0 Å². The van der Waals surface area contributed by atoms with Gasteiger partial charge in [-0.05, 0) is 12.8 Å². The predicted molar refractivity (Wildman–Crippen MR) is 90.9 cm³/mol. The normalized spacial score (nSPS) is 21.8. The molecule has 7 heteroatoms. The maximum atomic E-state index is 11.7. The molecule has 2 aromatic rings. The van der Waals surface area contributed by atoms with Crippen molar-refractivity contribution in [3.8, 4) is 0 Å². The number of carboxylic acid groups (broad SMARTS) is 1. The van der Waals surface area contributed by atoms with E-state index in [1.807, 2.05) is 17.3 Å². The third kappa shape index (κ3) is 3.28. The van der Waals surface area contributed by atoms with Crippen molar-refractivity contribution >= 4 is 5.97 Å². The third-order valence-electron chi connectivity index (χ3n) is 5.34. The lowest BCUT2D eigenvalue weighted by atomic mass is 9.89. The topological polar surface area (TPSA) is 95.0 Å². The lowest BCUT2D eigenvalue weighted by molar-refractivity contribution is -0.144. The van der Waals surface area contributed by atoms with Crippen molar-refractivity contribution in [2.75, 3.05) is 6.54 Å². The first-order chi connectivity index (χ1) is 12.2. The highest BCUT2D eigenvalue weighted by molar-refractivity contribution is 5.75. The molecule has 1 saturated carbocycles. The Hall–Kier alpha value is -2.28. The summed E-state index contributed by atoms with van der Waals surface area (Å²) in [4.78, 5) is 30.1. The molecule has 0 saturated heterocycles. The maximum Gasteiger partial charge on any atom is 0.327 e. The summed E-state index contributed by atoms with van der Waals surface area (Å²) in [5.41, 5.74) is 2.50. The van der Waals surface area contributed by atoms with Gasteiger partial charge in [-0.15, -0.1) is 0 Å². The van der Waals surface area contributed by atoms with E-state index in [-0.39, 0.29) is 0 Å². The molecule has 1 fully saturated rings. The Morgan fingerprint density at radius 3 is 2.68 bits per heavy atom. The minimum atomic E-state index is -0.868. The molecule has 0 aromatic carbocycles. The van der Waals surface area contributed by atoms with Crippen LogP contribution in [0.2, 0.25) is 0 Å². The van der Waals surface area contributed by atoms with Crippen molar-refractivity contribution in [2.24, 2.45) is 0 Å². The van der Waals surface area contributed by atoms with Crippen molar-refractivity contribution in [3.05, 3.63) is 41.5 Å². The zero-order valence-corrected chi connectivity index (χ0v) is 14.2. The molecule has 7 nitrogen and oxygen atoms in total. The summed E-state index contributed by atoms with van der Waals surface area (Å²) in [6.45, 7) is 1.20. The van der Waals surface area contributed by atoms with E-state index in [1.165, 1.54) is 32.1 Å². The van der Waals surface area contributed by atoms with Gasteiger partial charge in [-0.1, -0.05) is 19.3 Å². The van der Waals surface area contributed by atoms with Gasteiger partial charge in [0.2, 0.25) is 0 Å². The quantitative estimate of drug-likeness (QED) is 0.887. The number of carbonyl (C=O) groups is 1. The predicted octanol–water partition coefficient (Wildman–Crippen LogP) is 2.43. The Kier molecular flexibility index (Phi) is 4.48. The first-order valence-corrected chi connectivity index (χ1v) is 9.02. The van der Waals surface area contributed by atoms with Crippen LogP contribution >= 0.6 is 0 Å². The molecule has 1 atom stereocenters. The lowest BCUT2D eigenvalue weighted by Gasteiger charge is -2.32. The maximum absolute atomic E-state index is 11.7. The highest BCUT2D eigenvalue weighted by Crippen LogP contribution is 2.31. The van der Waals surface area contributed by atoms with Crippen LogP contribution in [0.15, 0.2) is 18.7 Å². The number of carboxylic acids is 1. The van der Waals surface area contributed by atoms with Gasteiger partial charge in [-0.3, -0.25) is 9.69 Å². The summed E-state index contributed by atoms with van der Waals surface area (Å²) in [5, 5.41) is 9.64. The van der Waals surface area contributed by atoms with Crippen molar-refractivity contribution < 1.29 is 9.90 Å². The number of hydrogen-bond donors (Lipinski definition) is 2. The zero-order valence-electron chi connectivity index (χ0n) is 14.2. The van der Waals surface area contributed by atoms with Crippen LogP contribution in [-0.4, -0.2) is 42.5 Å². The summed E-state index contributed by atoms with van der Waals surface area (Å²) in [6, 6.07) is -0.715. The Labute approximate surface area is 146 Å². The molecule has 2 N–H and O–H groups in total. The smallest absolute Gasteiger partial charge is 0.327 e. The van der Waals surface area contributed by atoms with Crippen LogP contribution in [0, 0.1) is 0 Å². The number of aliphatic carboxylic acids is 1. The van der Waals surface area contributed by atoms with E-state index < -0.39 is 12.0 Å². The van der Waals surface area contributed by atoms with Crippen molar-refractivity contribution in [2.45, 2.75) is 57.0 Å². The van der Waals surface area contributed by atoms with Crippen LogP contribution in [-0.2, 0) is 17.8 Å². The highest BCUT2D eigenvalue weighted by Gasteiger charge is 2.35. The number of fused-ring (bicyclic) bond motifs is 1. The number of aromatic amines is 1. The molecule has 1 aliphatic carbocycles. The number of imidazole rings is 1. The fourth-order valence-corrected chi connectivity index (χ4v) is 4.02. The molecule has 2 aliphatic rings. The van der Waals surface area contributed by atoms with Crippen LogP contribution in [0.4, 0.5) is 0 Å². The number of H-pyrrole nitrogens is 1. The van der Waals surface area contributed by atoms with Gasteiger partial charge in [0.25, 0.3) is 0 Å². The zero-order chi connectivity index (χ0) is 17.2. The SMILES string of the molecule is O=C(O)[C@H]1c2nc[nH]c2CCN1Cc1cnc(C2CCCCC2)nc1. The number of aromatic nitrogens is 4. The summed E-state index contributed by atoms with van der Waals surface area (Å²) < 4.78 is 0. The van der Waals surface area contributed by atoms with Gasteiger partial charge >= 0.3 is 5.97 Å². The molecule has 4 rings (SSSR count). The van der Waals surface area contributed by atoms with E-state index in [0.29, 0.717) is 24.7 Å². The summed E-state index contributed by atoms with van der Waals surface area (Å²) in [5.74, 6) is 0.551.